The fourth-order valence-corrected chi connectivity index (χ4v) is 1.96. The smallest absolute Gasteiger partial charge is 0.146 e. The van der Waals surface area contributed by atoms with Crippen LogP contribution in [0.3, 0.4) is 0 Å². The van der Waals surface area contributed by atoms with E-state index in [1.165, 1.54) is 0 Å². The SMILES string of the molecule is CN(c1ccncc1Cl)C1COCC1F. The normalized spacial score (nSPS) is 25.5. The van der Waals surface area contributed by atoms with Crippen LogP contribution >= 0.6 is 11.6 Å². The number of pyridine rings is 1. The van der Waals surface area contributed by atoms with Crippen molar-refractivity contribution in [2.24, 2.45) is 0 Å². The molecule has 82 valence electrons. The molecule has 2 rings (SSSR count). The summed E-state index contributed by atoms with van der Waals surface area (Å²) >= 11 is 5.98. The van der Waals surface area contributed by atoms with Crippen LogP contribution < -0.4 is 4.90 Å². The first-order valence-corrected chi connectivity index (χ1v) is 5.12. The van der Waals surface area contributed by atoms with Crippen molar-refractivity contribution >= 4 is 17.3 Å². The molecule has 3 nitrogen and oxygen atoms in total. The van der Waals surface area contributed by atoms with Crippen molar-refractivity contribution in [1.29, 1.82) is 0 Å². The number of anilines is 1. The summed E-state index contributed by atoms with van der Waals surface area (Å²) < 4.78 is 18.5. The van der Waals surface area contributed by atoms with E-state index in [1.54, 1.807) is 18.5 Å². The fraction of sp³-hybridized carbons (Fsp3) is 0.500. The van der Waals surface area contributed by atoms with Gasteiger partial charge in [-0.25, -0.2) is 4.39 Å². The van der Waals surface area contributed by atoms with Gasteiger partial charge in [0, 0.05) is 19.4 Å². The molecule has 15 heavy (non-hydrogen) atoms. The van der Waals surface area contributed by atoms with E-state index in [0.717, 1.165) is 5.69 Å². The minimum absolute atomic E-state index is 0.164. The number of hydrogen-bond donors (Lipinski definition) is 0. The zero-order valence-electron chi connectivity index (χ0n) is 8.36. The zero-order valence-corrected chi connectivity index (χ0v) is 9.12. The summed E-state index contributed by atoms with van der Waals surface area (Å²) in [7, 11) is 1.81. The molecule has 0 aliphatic carbocycles. The van der Waals surface area contributed by atoms with Crippen molar-refractivity contribution in [2.45, 2.75) is 12.2 Å². The summed E-state index contributed by atoms with van der Waals surface area (Å²) in [5.74, 6) is 0. The first-order chi connectivity index (χ1) is 7.20. The van der Waals surface area contributed by atoms with Gasteiger partial charge in [0.15, 0.2) is 0 Å². The minimum Gasteiger partial charge on any atom is -0.376 e. The Balaban J connectivity index is 2.20. The highest BCUT2D eigenvalue weighted by molar-refractivity contribution is 6.33. The summed E-state index contributed by atoms with van der Waals surface area (Å²) in [6.07, 6.45) is 2.23. The number of halogens is 2. The van der Waals surface area contributed by atoms with Crippen LogP contribution in [-0.2, 0) is 4.74 Å². The van der Waals surface area contributed by atoms with Crippen molar-refractivity contribution in [2.75, 3.05) is 25.2 Å². The molecule has 1 aromatic rings. The summed E-state index contributed by atoms with van der Waals surface area (Å²) in [6, 6.07) is 1.51. The number of rotatable bonds is 2. The summed E-state index contributed by atoms with van der Waals surface area (Å²) in [4.78, 5) is 5.70. The van der Waals surface area contributed by atoms with E-state index in [4.69, 9.17) is 16.3 Å². The third-order valence-corrected chi connectivity index (χ3v) is 2.90. The van der Waals surface area contributed by atoms with Crippen molar-refractivity contribution in [3.05, 3.63) is 23.5 Å². The van der Waals surface area contributed by atoms with Crippen LogP contribution in [0.4, 0.5) is 10.1 Å². The Morgan fingerprint density at radius 3 is 3.00 bits per heavy atom. The van der Waals surface area contributed by atoms with Crippen molar-refractivity contribution < 1.29 is 9.13 Å². The molecule has 0 spiro atoms. The Hall–Kier alpha value is -0.870. The predicted octanol–water partition coefficient (Wildman–Crippen LogP) is 1.91. The molecular formula is C10H12ClFN2O. The van der Waals surface area contributed by atoms with Crippen molar-refractivity contribution in [3.63, 3.8) is 0 Å². The zero-order chi connectivity index (χ0) is 10.8. The molecule has 0 aromatic carbocycles. The van der Waals surface area contributed by atoms with Gasteiger partial charge in [0.1, 0.15) is 6.17 Å². The molecule has 0 amide bonds. The van der Waals surface area contributed by atoms with Crippen LogP contribution in [0.25, 0.3) is 0 Å². The second-order valence-corrected chi connectivity index (χ2v) is 3.97. The van der Waals surface area contributed by atoms with Crippen LogP contribution in [0.2, 0.25) is 5.02 Å². The second-order valence-electron chi connectivity index (χ2n) is 3.56. The van der Waals surface area contributed by atoms with Gasteiger partial charge < -0.3 is 9.64 Å². The first kappa shape index (κ1) is 10.6. The van der Waals surface area contributed by atoms with Gasteiger partial charge in [-0.15, -0.1) is 0 Å². The molecular weight excluding hydrogens is 219 g/mol. The molecule has 1 aliphatic rings. The maximum atomic E-state index is 13.4. The molecule has 0 N–H and O–H groups in total. The number of nitrogens with zero attached hydrogens (tertiary/aromatic N) is 2. The summed E-state index contributed by atoms with van der Waals surface area (Å²) in [6.45, 7) is 0.564. The third kappa shape index (κ3) is 2.06. The van der Waals surface area contributed by atoms with E-state index in [2.05, 4.69) is 4.98 Å². The molecule has 5 heteroatoms. The van der Waals surface area contributed by atoms with Gasteiger partial charge >= 0.3 is 0 Å². The van der Waals surface area contributed by atoms with Crippen LogP contribution in [0.1, 0.15) is 0 Å². The summed E-state index contributed by atoms with van der Waals surface area (Å²) in [5.41, 5.74) is 0.782. The highest BCUT2D eigenvalue weighted by Gasteiger charge is 2.32. The average molecular weight is 231 g/mol. The minimum atomic E-state index is -0.959. The first-order valence-electron chi connectivity index (χ1n) is 4.74. The van der Waals surface area contributed by atoms with E-state index in [1.807, 2.05) is 11.9 Å². The van der Waals surface area contributed by atoms with E-state index >= 15 is 0 Å². The molecule has 1 aromatic heterocycles. The molecule has 1 fully saturated rings. The van der Waals surface area contributed by atoms with Gasteiger partial charge in [-0.2, -0.15) is 0 Å². The number of likely N-dealkylation sites (N-methyl/N-ethyl adjacent to an activating group) is 1. The summed E-state index contributed by atoms with van der Waals surface area (Å²) in [5, 5.41) is 0.527. The molecule has 1 saturated heterocycles. The highest BCUT2D eigenvalue weighted by Crippen LogP contribution is 2.27. The fourth-order valence-electron chi connectivity index (χ4n) is 1.70. The van der Waals surface area contributed by atoms with Crippen LogP contribution in [-0.4, -0.2) is 37.5 Å². The monoisotopic (exact) mass is 230 g/mol. The van der Waals surface area contributed by atoms with E-state index < -0.39 is 6.17 Å². The highest BCUT2D eigenvalue weighted by atomic mass is 35.5. The van der Waals surface area contributed by atoms with E-state index in [-0.39, 0.29) is 12.6 Å². The molecule has 0 radical (unpaired) electrons. The van der Waals surface area contributed by atoms with Gasteiger partial charge in [0.2, 0.25) is 0 Å². The van der Waals surface area contributed by atoms with Gasteiger partial charge in [0.05, 0.1) is 30.0 Å². The number of aromatic nitrogens is 1. The van der Waals surface area contributed by atoms with Crippen molar-refractivity contribution in [3.8, 4) is 0 Å². The predicted molar refractivity (Wildman–Crippen MR) is 57.2 cm³/mol. The van der Waals surface area contributed by atoms with Gasteiger partial charge in [0.25, 0.3) is 0 Å². The van der Waals surface area contributed by atoms with E-state index in [9.17, 15) is 4.39 Å². The van der Waals surface area contributed by atoms with Crippen LogP contribution in [0.15, 0.2) is 18.5 Å². The standard InChI is InChI=1S/C10H12ClFN2O/c1-14(10-6-15-5-8(10)12)9-2-3-13-4-7(9)11/h2-4,8,10H,5-6H2,1H3. The quantitative estimate of drug-likeness (QED) is 0.776. The molecule has 0 bridgehead atoms. The number of ether oxygens (including phenoxy) is 1. The molecule has 2 atom stereocenters. The van der Waals surface area contributed by atoms with Gasteiger partial charge in [-0.1, -0.05) is 11.6 Å². The molecule has 2 heterocycles. The number of hydrogen-bond acceptors (Lipinski definition) is 3. The topological polar surface area (TPSA) is 25.4 Å². The van der Waals surface area contributed by atoms with Crippen LogP contribution in [0, 0.1) is 0 Å². The second kappa shape index (κ2) is 4.33. The lowest BCUT2D eigenvalue weighted by Gasteiger charge is -2.27. The Bertz CT molecular complexity index is 350. The molecule has 2 unspecified atom stereocenters. The van der Waals surface area contributed by atoms with Crippen molar-refractivity contribution in [1.82, 2.24) is 4.98 Å². The maximum absolute atomic E-state index is 13.4. The third-order valence-electron chi connectivity index (χ3n) is 2.61. The largest absolute Gasteiger partial charge is 0.376 e. The lowest BCUT2D eigenvalue weighted by atomic mass is 10.2. The maximum Gasteiger partial charge on any atom is 0.146 e. The Morgan fingerprint density at radius 1 is 1.60 bits per heavy atom. The molecule has 1 aliphatic heterocycles. The van der Waals surface area contributed by atoms with E-state index in [0.29, 0.717) is 11.6 Å². The molecule has 0 saturated carbocycles. The van der Waals surface area contributed by atoms with Crippen LogP contribution in [0.5, 0.6) is 0 Å². The number of alkyl halides is 1. The average Bonchev–Trinajstić information content (AvgIpc) is 2.64. The van der Waals surface area contributed by atoms with Gasteiger partial charge in [-0.05, 0) is 6.07 Å². The lowest BCUT2D eigenvalue weighted by molar-refractivity contribution is 0.173. The Morgan fingerprint density at radius 2 is 2.40 bits per heavy atom. The van der Waals surface area contributed by atoms with Gasteiger partial charge in [-0.3, -0.25) is 4.98 Å². The Labute approximate surface area is 92.8 Å². The lowest BCUT2D eigenvalue weighted by Crippen LogP contribution is -2.38. The Kier molecular flexibility index (Phi) is 3.07.